The Labute approximate surface area is 162 Å². The molecule has 0 amide bonds. The number of carbonyl (C=O) groups excluding carboxylic acids is 1. The summed E-state index contributed by atoms with van der Waals surface area (Å²) < 4.78 is 42.2. The van der Waals surface area contributed by atoms with E-state index in [0.717, 1.165) is 6.26 Å². The Hall–Kier alpha value is -3.00. The van der Waals surface area contributed by atoms with Gasteiger partial charge >= 0.3 is 11.9 Å². The highest BCUT2D eigenvalue weighted by molar-refractivity contribution is 7.90. The molecule has 148 valence electrons. The van der Waals surface area contributed by atoms with Crippen LogP contribution in [0.2, 0.25) is 0 Å². The standard InChI is InChI=1S/C20H19FO6S/c1-3-27-20(24)17(12-18(22)23)19(14-5-4-6-15(21)11-14)13-7-9-16(10-8-13)28(2,25)26/h4-11H,3,12H2,1-2H3,(H,22,23). The number of carboxylic acids is 1. The third-order valence-electron chi connectivity index (χ3n) is 3.84. The van der Waals surface area contributed by atoms with Gasteiger partial charge in [0.25, 0.3) is 0 Å². The van der Waals surface area contributed by atoms with Gasteiger partial charge in [-0.1, -0.05) is 24.3 Å². The van der Waals surface area contributed by atoms with E-state index in [1.807, 2.05) is 0 Å². The number of rotatable bonds is 7. The van der Waals surface area contributed by atoms with Crippen molar-refractivity contribution in [1.82, 2.24) is 0 Å². The van der Waals surface area contributed by atoms with Crippen LogP contribution in [0.3, 0.4) is 0 Å². The Bertz CT molecular complexity index is 1020. The molecule has 0 aliphatic carbocycles. The van der Waals surface area contributed by atoms with Gasteiger partial charge in [-0.15, -0.1) is 0 Å². The summed E-state index contributed by atoms with van der Waals surface area (Å²) >= 11 is 0. The summed E-state index contributed by atoms with van der Waals surface area (Å²) in [7, 11) is -3.44. The fraction of sp³-hybridized carbons (Fsp3) is 0.200. The first kappa shape index (κ1) is 21.3. The first-order valence-electron chi connectivity index (χ1n) is 8.32. The first-order chi connectivity index (χ1) is 13.1. The minimum absolute atomic E-state index is 0.0331. The van der Waals surface area contributed by atoms with Gasteiger partial charge < -0.3 is 9.84 Å². The summed E-state index contributed by atoms with van der Waals surface area (Å²) in [5, 5.41) is 9.25. The second kappa shape index (κ2) is 8.79. The fourth-order valence-electron chi connectivity index (χ4n) is 2.66. The SMILES string of the molecule is CCOC(=O)C(CC(=O)O)=C(c1ccc(S(C)(=O)=O)cc1)c1cccc(F)c1. The molecule has 0 saturated heterocycles. The van der Waals surface area contributed by atoms with E-state index in [9.17, 15) is 27.5 Å². The number of carboxylic acid groups (broad SMARTS) is 1. The molecule has 0 atom stereocenters. The van der Waals surface area contributed by atoms with Crippen LogP contribution >= 0.6 is 0 Å². The molecule has 2 aromatic rings. The summed E-state index contributed by atoms with van der Waals surface area (Å²) in [6, 6.07) is 10.9. The topological polar surface area (TPSA) is 97.7 Å². The van der Waals surface area contributed by atoms with E-state index >= 15 is 0 Å². The van der Waals surface area contributed by atoms with Crippen LogP contribution < -0.4 is 0 Å². The van der Waals surface area contributed by atoms with Crippen molar-refractivity contribution < 1.29 is 32.2 Å². The monoisotopic (exact) mass is 406 g/mol. The van der Waals surface area contributed by atoms with Crippen LogP contribution in [-0.4, -0.2) is 38.3 Å². The van der Waals surface area contributed by atoms with Crippen molar-refractivity contribution in [3.63, 3.8) is 0 Å². The van der Waals surface area contributed by atoms with E-state index in [1.54, 1.807) is 6.92 Å². The molecule has 2 aromatic carbocycles. The number of hydrogen-bond donors (Lipinski definition) is 1. The van der Waals surface area contributed by atoms with Gasteiger partial charge in [-0.2, -0.15) is 0 Å². The van der Waals surface area contributed by atoms with Crippen LogP contribution in [0.1, 0.15) is 24.5 Å². The molecule has 28 heavy (non-hydrogen) atoms. The number of esters is 1. The van der Waals surface area contributed by atoms with Gasteiger partial charge in [0.05, 0.1) is 23.5 Å². The molecule has 0 unspecified atom stereocenters. The first-order valence-corrected chi connectivity index (χ1v) is 10.2. The van der Waals surface area contributed by atoms with Crippen molar-refractivity contribution in [3.05, 3.63) is 71.0 Å². The van der Waals surface area contributed by atoms with Crippen LogP contribution in [0.4, 0.5) is 4.39 Å². The second-order valence-electron chi connectivity index (χ2n) is 5.95. The number of ether oxygens (including phenoxy) is 1. The van der Waals surface area contributed by atoms with Gasteiger partial charge in [0.15, 0.2) is 9.84 Å². The minimum atomic E-state index is -3.44. The van der Waals surface area contributed by atoms with Gasteiger partial charge in [0.2, 0.25) is 0 Å². The molecular formula is C20H19FO6S. The lowest BCUT2D eigenvalue weighted by Crippen LogP contribution is -2.14. The van der Waals surface area contributed by atoms with Crippen molar-refractivity contribution in [2.75, 3.05) is 12.9 Å². The lowest BCUT2D eigenvalue weighted by atomic mass is 9.91. The molecule has 0 saturated carbocycles. The summed E-state index contributed by atoms with van der Waals surface area (Å²) in [5.74, 6) is -2.66. The highest BCUT2D eigenvalue weighted by Crippen LogP contribution is 2.30. The van der Waals surface area contributed by atoms with Gasteiger partial charge in [0, 0.05) is 11.8 Å². The van der Waals surface area contributed by atoms with Crippen molar-refractivity contribution in [2.45, 2.75) is 18.2 Å². The minimum Gasteiger partial charge on any atom is -0.481 e. The van der Waals surface area contributed by atoms with Gasteiger partial charge in [0.1, 0.15) is 5.82 Å². The Morgan fingerprint density at radius 2 is 1.71 bits per heavy atom. The number of aliphatic carboxylic acids is 1. The molecule has 0 heterocycles. The highest BCUT2D eigenvalue weighted by Gasteiger charge is 2.23. The number of halogens is 1. The number of carbonyl (C=O) groups is 2. The van der Waals surface area contributed by atoms with Crippen LogP contribution in [0.5, 0.6) is 0 Å². The molecule has 0 fully saturated rings. The number of hydrogen-bond acceptors (Lipinski definition) is 5. The Kier molecular flexibility index (Phi) is 6.69. The molecule has 2 rings (SSSR count). The number of benzene rings is 2. The number of sulfone groups is 1. The summed E-state index contributed by atoms with van der Waals surface area (Å²) in [4.78, 5) is 23.8. The summed E-state index contributed by atoms with van der Waals surface area (Å²) in [6.45, 7) is 1.62. The third kappa shape index (κ3) is 5.26. The quantitative estimate of drug-likeness (QED) is 0.561. The van der Waals surface area contributed by atoms with Crippen LogP contribution in [-0.2, 0) is 24.2 Å². The molecule has 0 bridgehead atoms. The maximum Gasteiger partial charge on any atom is 0.335 e. The maximum absolute atomic E-state index is 13.8. The smallest absolute Gasteiger partial charge is 0.335 e. The molecule has 6 nitrogen and oxygen atoms in total. The van der Waals surface area contributed by atoms with E-state index in [4.69, 9.17) is 4.74 Å². The van der Waals surface area contributed by atoms with E-state index in [0.29, 0.717) is 5.56 Å². The largest absolute Gasteiger partial charge is 0.481 e. The van der Waals surface area contributed by atoms with Gasteiger partial charge in [-0.3, -0.25) is 4.79 Å². The zero-order chi connectivity index (χ0) is 20.9. The van der Waals surface area contributed by atoms with E-state index < -0.39 is 34.0 Å². The van der Waals surface area contributed by atoms with Crippen molar-refractivity contribution in [1.29, 1.82) is 0 Å². The van der Waals surface area contributed by atoms with Crippen molar-refractivity contribution in [2.24, 2.45) is 0 Å². The lowest BCUT2D eigenvalue weighted by Gasteiger charge is -2.15. The molecule has 1 N–H and O–H groups in total. The van der Waals surface area contributed by atoms with E-state index in [1.165, 1.54) is 48.5 Å². The van der Waals surface area contributed by atoms with Crippen molar-refractivity contribution in [3.8, 4) is 0 Å². The predicted octanol–water partition coefficient (Wildman–Crippen LogP) is 3.07. The van der Waals surface area contributed by atoms with Crippen LogP contribution in [0, 0.1) is 5.82 Å². The molecule has 0 spiro atoms. The Balaban J connectivity index is 2.77. The molecule has 0 aliphatic heterocycles. The average Bonchev–Trinajstić information content (AvgIpc) is 2.61. The molecule has 0 aromatic heterocycles. The Morgan fingerprint density at radius 1 is 1.07 bits per heavy atom. The van der Waals surface area contributed by atoms with Crippen LogP contribution in [0.15, 0.2) is 59.0 Å². The average molecular weight is 406 g/mol. The zero-order valence-electron chi connectivity index (χ0n) is 15.3. The lowest BCUT2D eigenvalue weighted by molar-refractivity contribution is -0.142. The fourth-order valence-corrected chi connectivity index (χ4v) is 3.29. The normalized spacial score (nSPS) is 12.2. The zero-order valence-corrected chi connectivity index (χ0v) is 16.1. The molecule has 0 radical (unpaired) electrons. The Morgan fingerprint density at radius 3 is 2.21 bits per heavy atom. The molecule has 8 heteroatoms. The highest BCUT2D eigenvalue weighted by atomic mass is 32.2. The summed E-state index contributed by atoms with van der Waals surface area (Å²) in [6.07, 6.45) is 0.415. The van der Waals surface area contributed by atoms with E-state index in [-0.39, 0.29) is 28.2 Å². The van der Waals surface area contributed by atoms with E-state index in [2.05, 4.69) is 0 Å². The molecule has 0 aliphatic rings. The maximum atomic E-state index is 13.8. The second-order valence-corrected chi connectivity index (χ2v) is 7.97. The summed E-state index contributed by atoms with van der Waals surface area (Å²) in [5.41, 5.74) is 0.645. The van der Waals surface area contributed by atoms with Crippen molar-refractivity contribution >= 4 is 27.3 Å². The predicted molar refractivity (Wildman–Crippen MR) is 101 cm³/mol. The third-order valence-corrected chi connectivity index (χ3v) is 4.96. The van der Waals surface area contributed by atoms with Gasteiger partial charge in [-0.25, -0.2) is 17.6 Å². The van der Waals surface area contributed by atoms with Gasteiger partial charge in [-0.05, 0) is 42.3 Å². The van der Waals surface area contributed by atoms with Crippen LogP contribution in [0.25, 0.3) is 5.57 Å². The molecular weight excluding hydrogens is 387 g/mol.